The van der Waals surface area contributed by atoms with E-state index >= 15 is 0 Å². The molecule has 6 heterocycles. The second kappa shape index (κ2) is 12.3. The molecular weight excluding hydrogens is 528 g/mol. The third-order valence-corrected chi connectivity index (χ3v) is 7.52. The Morgan fingerprint density at radius 2 is 1.57 bits per heavy atom. The number of carbonyl (C=O) groups excluding carboxylic acids is 1. The second-order valence-electron chi connectivity index (χ2n) is 10.2. The predicted molar refractivity (Wildman–Crippen MR) is 150 cm³/mol. The molecule has 2 aromatic carbocycles. The largest absolute Gasteiger partial charge is 0.355 e. The lowest BCUT2D eigenvalue weighted by molar-refractivity contribution is -0.122. The lowest BCUT2D eigenvalue weighted by Gasteiger charge is -2.34. The summed E-state index contributed by atoms with van der Waals surface area (Å²) in [7, 11) is 2.13. The van der Waals surface area contributed by atoms with E-state index in [2.05, 4.69) is 90.4 Å². The van der Waals surface area contributed by atoms with E-state index in [9.17, 15) is 4.79 Å². The number of nitrogens with one attached hydrogen (secondary N) is 1. The summed E-state index contributed by atoms with van der Waals surface area (Å²) < 4.78 is 1.08. The highest BCUT2D eigenvalue weighted by molar-refractivity contribution is 9.10. The molecule has 1 fully saturated rings. The molecule has 37 heavy (non-hydrogen) atoms. The van der Waals surface area contributed by atoms with E-state index in [1.54, 1.807) is 0 Å². The Balaban J connectivity index is 1.37. The molecule has 7 nitrogen and oxygen atoms in total. The van der Waals surface area contributed by atoms with Crippen LogP contribution in [0.15, 0.2) is 59.2 Å². The van der Waals surface area contributed by atoms with Crippen LogP contribution in [-0.4, -0.2) is 83.4 Å². The summed E-state index contributed by atoms with van der Waals surface area (Å²) in [5, 5.41) is 3.11. The van der Waals surface area contributed by atoms with Crippen LogP contribution in [0.5, 0.6) is 0 Å². The minimum atomic E-state index is 0.128. The van der Waals surface area contributed by atoms with Crippen LogP contribution in [0.25, 0.3) is 11.3 Å². The van der Waals surface area contributed by atoms with Crippen molar-refractivity contribution in [3.8, 4) is 11.3 Å². The molecule has 0 atom stereocenters. The Kier molecular flexibility index (Phi) is 8.61. The van der Waals surface area contributed by atoms with Crippen molar-refractivity contribution in [2.45, 2.75) is 25.9 Å². The summed E-state index contributed by atoms with van der Waals surface area (Å²) in [6.45, 7) is 7.65. The van der Waals surface area contributed by atoms with Crippen molar-refractivity contribution in [3.05, 3.63) is 81.7 Å². The summed E-state index contributed by atoms with van der Waals surface area (Å²) in [6.07, 6.45) is 3.49. The number of hydrogen-bond acceptors (Lipinski definition) is 6. The van der Waals surface area contributed by atoms with Gasteiger partial charge in [0.25, 0.3) is 0 Å². The van der Waals surface area contributed by atoms with Crippen molar-refractivity contribution in [2.24, 2.45) is 0 Å². The summed E-state index contributed by atoms with van der Waals surface area (Å²) in [6, 6.07) is 17.2. The van der Waals surface area contributed by atoms with Gasteiger partial charge in [0.1, 0.15) is 5.82 Å². The Labute approximate surface area is 228 Å². The quantitative estimate of drug-likeness (QED) is 0.452. The Hall–Kier alpha value is -2.65. The highest BCUT2D eigenvalue weighted by Crippen LogP contribution is 2.22. The predicted octanol–water partition coefficient (Wildman–Crippen LogP) is 3.57. The number of nitrogens with zero attached hydrogens (tertiary/aromatic N) is 5. The van der Waals surface area contributed by atoms with Gasteiger partial charge in [-0.25, -0.2) is 9.97 Å². The van der Waals surface area contributed by atoms with Crippen molar-refractivity contribution in [3.63, 3.8) is 0 Å². The molecule has 0 spiro atoms. The van der Waals surface area contributed by atoms with Crippen LogP contribution in [0.2, 0.25) is 0 Å². The van der Waals surface area contributed by atoms with Gasteiger partial charge in [-0.1, -0.05) is 46.3 Å². The van der Waals surface area contributed by atoms with Crippen molar-refractivity contribution >= 4 is 21.8 Å². The maximum Gasteiger partial charge on any atom is 0.234 e. The van der Waals surface area contributed by atoms with Gasteiger partial charge in [-0.05, 0) is 54.9 Å². The van der Waals surface area contributed by atoms with E-state index in [1.807, 2.05) is 12.3 Å². The van der Waals surface area contributed by atoms with Gasteiger partial charge in [0.15, 0.2) is 0 Å². The SMILES string of the molecule is CN1CCCNC(=O)CN2CCN(CC2)Cc2cc(Br)cc(c2)Cc2nccc(n2)-c2ccc(cc2)C1. The molecule has 1 saturated heterocycles. The number of aromatic nitrogens is 2. The molecule has 8 bridgehead atoms. The van der Waals surface area contributed by atoms with E-state index in [0.29, 0.717) is 19.5 Å². The molecule has 8 heteroatoms. The van der Waals surface area contributed by atoms with Gasteiger partial charge in [-0.3, -0.25) is 14.6 Å². The summed E-state index contributed by atoms with van der Waals surface area (Å²) in [5.41, 5.74) is 5.79. The van der Waals surface area contributed by atoms with E-state index < -0.39 is 0 Å². The standard InChI is InChI=1S/C29H35BrN6O/c1-34-10-2-8-32-29(37)21-36-13-11-35(12-14-36)20-24-15-23(16-26(30)17-24)18-28-31-9-7-27(33-28)25-5-3-22(19-34)4-6-25/h3-7,9,15-17H,2,8,10-14,18-21H2,1H3,(H,32,37). The van der Waals surface area contributed by atoms with Crippen molar-refractivity contribution in [2.75, 3.05) is 52.9 Å². The van der Waals surface area contributed by atoms with Gasteiger partial charge in [0.05, 0.1) is 12.2 Å². The minimum Gasteiger partial charge on any atom is -0.355 e. The smallest absolute Gasteiger partial charge is 0.234 e. The first-order valence-electron chi connectivity index (χ1n) is 13.1. The number of halogens is 1. The number of hydrogen-bond donors (Lipinski definition) is 1. The van der Waals surface area contributed by atoms with Gasteiger partial charge in [0, 0.05) is 68.5 Å². The van der Waals surface area contributed by atoms with Crippen LogP contribution in [-0.2, 0) is 24.3 Å². The van der Waals surface area contributed by atoms with E-state index in [4.69, 9.17) is 4.98 Å². The Bertz CT molecular complexity index is 1210. The van der Waals surface area contributed by atoms with Gasteiger partial charge < -0.3 is 10.2 Å². The first-order chi connectivity index (χ1) is 18.0. The maximum absolute atomic E-state index is 12.5. The number of benzene rings is 2. The first kappa shape index (κ1) is 26.0. The summed E-state index contributed by atoms with van der Waals surface area (Å²) in [5.74, 6) is 0.954. The summed E-state index contributed by atoms with van der Waals surface area (Å²) in [4.78, 5) is 29.0. The zero-order valence-corrected chi connectivity index (χ0v) is 23.1. The molecule has 1 amide bonds. The lowest BCUT2D eigenvalue weighted by atomic mass is 10.1. The van der Waals surface area contributed by atoms with Crippen molar-refractivity contribution < 1.29 is 4.79 Å². The Morgan fingerprint density at radius 1 is 0.838 bits per heavy atom. The van der Waals surface area contributed by atoms with Gasteiger partial charge in [-0.15, -0.1) is 0 Å². The number of rotatable bonds is 0. The van der Waals surface area contributed by atoms with Crippen LogP contribution in [0.1, 0.15) is 28.9 Å². The average Bonchev–Trinajstić information content (AvgIpc) is 2.88. The molecule has 0 saturated carbocycles. The van der Waals surface area contributed by atoms with E-state index in [-0.39, 0.29) is 5.91 Å². The second-order valence-corrected chi connectivity index (χ2v) is 11.1. The van der Waals surface area contributed by atoms with Gasteiger partial charge >= 0.3 is 0 Å². The average molecular weight is 564 g/mol. The normalized spacial score (nSPS) is 21.8. The van der Waals surface area contributed by atoms with Gasteiger partial charge in [-0.2, -0.15) is 0 Å². The highest BCUT2D eigenvalue weighted by atomic mass is 79.9. The fourth-order valence-electron chi connectivity index (χ4n) is 5.11. The van der Waals surface area contributed by atoms with Crippen molar-refractivity contribution in [1.29, 1.82) is 0 Å². The molecule has 194 valence electrons. The van der Waals surface area contributed by atoms with Gasteiger partial charge in [0.2, 0.25) is 5.91 Å². The topological polar surface area (TPSA) is 64.6 Å². The molecule has 1 aromatic heterocycles. The molecule has 1 N–H and O–H groups in total. The number of piperazine rings is 1. The minimum absolute atomic E-state index is 0.128. The highest BCUT2D eigenvalue weighted by Gasteiger charge is 2.19. The van der Waals surface area contributed by atoms with E-state index in [1.165, 1.54) is 16.7 Å². The molecule has 0 unspecified atom stereocenters. The molecule has 5 aliphatic rings. The monoisotopic (exact) mass is 562 g/mol. The third kappa shape index (κ3) is 7.45. The molecule has 0 radical (unpaired) electrons. The van der Waals surface area contributed by atoms with Crippen LogP contribution < -0.4 is 5.32 Å². The zero-order valence-electron chi connectivity index (χ0n) is 21.5. The molecule has 0 aliphatic carbocycles. The van der Waals surface area contributed by atoms with Crippen LogP contribution in [0.3, 0.4) is 0 Å². The molecule has 8 rings (SSSR count). The lowest BCUT2D eigenvalue weighted by Crippen LogP contribution is -2.49. The third-order valence-electron chi connectivity index (χ3n) is 7.06. The first-order valence-corrected chi connectivity index (χ1v) is 13.9. The fourth-order valence-corrected chi connectivity index (χ4v) is 5.70. The van der Waals surface area contributed by atoms with E-state index in [0.717, 1.165) is 73.8 Å². The molecule has 5 aliphatic heterocycles. The summed E-state index contributed by atoms with van der Waals surface area (Å²) >= 11 is 3.71. The van der Waals surface area contributed by atoms with Crippen molar-refractivity contribution in [1.82, 2.24) is 30.0 Å². The molecular formula is C29H35BrN6O. The van der Waals surface area contributed by atoms with Crippen LogP contribution in [0, 0.1) is 0 Å². The number of amides is 1. The fraction of sp³-hybridized carbons (Fsp3) is 0.414. The van der Waals surface area contributed by atoms with Crippen LogP contribution in [0.4, 0.5) is 0 Å². The van der Waals surface area contributed by atoms with Crippen LogP contribution >= 0.6 is 15.9 Å². The maximum atomic E-state index is 12.5. The number of carbonyl (C=O) groups is 1. The molecule has 3 aromatic rings. The Morgan fingerprint density at radius 3 is 2.35 bits per heavy atom. The zero-order chi connectivity index (χ0) is 25.6.